The second-order valence-corrected chi connectivity index (χ2v) is 6.72. The molecule has 0 saturated heterocycles. The van der Waals surface area contributed by atoms with Gasteiger partial charge in [0.2, 0.25) is 11.7 Å². The fraction of sp³-hybridized carbons (Fsp3) is 0.0417. The molecule has 0 saturated carbocycles. The summed E-state index contributed by atoms with van der Waals surface area (Å²) >= 11 is 0. The molecule has 1 heterocycles. The van der Waals surface area contributed by atoms with E-state index < -0.39 is 11.5 Å². The van der Waals surface area contributed by atoms with Crippen LogP contribution in [0.25, 0.3) is 21.9 Å². The predicted molar refractivity (Wildman–Crippen MR) is 117 cm³/mol. The molecular weight excluding hydrogens is 380 g/mol. The monoisotopic (exact) mass is 398 g/mol. The van der Waals surface area contributed by atoms with E-state index in [2.05, 4.69) is 10.6 Å². The Bertz CT molecular complexity index is 1290. The van der Waals surface area contributed by atoms with E-state index >= 15 is 0 Å². The van der Waals surface area contributed by atoms with Crippen LogP contribution in [0.4, 0.5) is 11.4 Å². The normalized spacial score (nSPS) is 10.6. The van der Waals surface area contributed by atoms with Gasteiger partial charge in [-0.3, -0.25) is 9.59 Å². The third kappa shape index (κ3) is 3.84. The van der Waals surface area contributed by atoms with Gasteiger partial charge in [0.15, 0.2) is 0 Å². The van der Waals surface area contributed by atoms with Gasteiger partial charge < -0.3 is 15.1 Å². The number of benzene rings is 3. The minimum atomic E-state index is -0.573. The summed E-state index contributed by atoms with van der Waals surface area (Å²) in [7, 11) is 0. The summed E-state index contributed by atoms with van der Waals surface area (Å²) in [6.07, 6.45) is 0. The largest absolute Gasteiger partial charge is 0.416 e. The number of anilines is 2. The summed E-state index contributed by atoms with van der Waals surface area (Å²) in [5, 5.41) is 6.47. The molecule has 0 spiro atoms. The summed E-state index contributed by atoms with van der Waals surface area (Å²) in [6.45, 7) is 1.42. The Kier molecular flexibility index (Phi) is 5.13. The number of nitrogens with one attached hydrogen (secondary N) is 2. The smallest absolute Gasteiger partial charge is 0.344 e. The van der Waals surface area contributed by atoms with Gasteiger partial charge in [-0.1, -0.05) is 48.5 Å². The van der Waals surface area contributed by atoms with Gasteiger partial charge >= 0.3 is 5.63 Å². The van der Waals surface area contributed by atoms with Gasteiger partial charge in [0, 0.05) is 29.2 Å². The highest BCUT2D eigenvalue weighted by molar-refractivity contribution is 6.11. The second-order valence-electron chi connectivity index (χ2n) is 6.72. The van der Waals surface area contributed by atoms with Crippen molar-refractivity contribution in [1.29, 1.82) is 0 Å². The van der Waals surface area contributed by atoms with Crippen molar-refractivity contribution in [2.24, 2.45) is 0 Å². The zero-order valence-corrected chi connectivity index (χ0v) is 16.1. The number of hydrogen-bond donors (Lipinski definition) is 2. The highest BCUT2D eigenvalue weighted by Crippen LogP contribution is 2.31. The van der Waals surface area contributed by atoms with Gasteiger partial charge in [0.05, 0.1) is 5.39 Å². The Morgan fingerprint density at radius 2 is 1.30 bits per heavy atom. The first-order valence-electron chi connectivity index (χ1n) is 9.33. The third-order valence-electron chi connectivity index (χ3n) is 4.57. The molecule has 0 aliphatic carbocycles. The molecule has 3 aromatic carbocycles. The predicted octanol–water partition coefficient (Wildman–Crippen LogP) is 4.67. The van der Waals surface area contributed by atoms with E-state index in [9.17, 15) is 14.4 Å². The molecule has 0 aliphatic heterocycles. The molecule has 148 valence electrons. The number of carbonyl (C=O) groups excluding carboxylic acids is 2. The molecule has 6 nitrogen and oxygen atoms in total. The lowest BCUT2D eigenvalue weighted by Gasteiger charge is -2.12. The Labute approximate surface area is 172 Å². The lowest BCUT2D eigenvalue weighted by Crippen LogP contribution is -2.17. The van der Waals surface area contributed by atoms with Crippen molar-refractivity contribution >= 4 is 34.0 Å². The molecule has 6 heteroatoms. The van der Waals surface area contributed by atoms with E-state index in [0.717, 1.165) is 5.56 Å². The Hall–Kier alpha value is -4.19. The summed E-state index contributed by atoms with van der Waals surface area (Å²) < 4.78 is 5.46. The lowest BCUT2D eigenvalue weighted by atomic mass is 9.98. The lowest BCUT2D eigenvalue weighted by molar-refractivity contribution is -0.114. The molecule has 0 bridgehead atoms. The zero-order chi connectivity index (χ0) is 21.1. The highest BCUT2D eigenvalue weighted by atomic mass is 16.4. The number of amides is 2. The number of hydrogen-bond acceptors (Lipinski definition) is 4. The van der Waals surface area contributed by atoms with E-state index in [1.54, 1.807) is 42.5 Å². The Balaban J connectivity index is 1.77. The highest BCUT2D eigenvalue weighted by Gasteiger charge is 2.21. The van der Waals surface area contributed by atoms with Crippen LogP contribution < -0.4 is 16.3 Å². The van der Waals surface area contributed by atoms with Crippen LogP contribution in [0.1, 0.15) is 17.5 Å². The van der Waals surface area contributed by atoms with Crippen LogP contribution in [-0.4, -0.2) is 11.8 Å². The van der Waals surface area contributed by atoms with Crippen LogP contribution in [0.5, 0.6) is 0 Å². The minimum absolute atomic E-state index is 0.0594. The zero-order valence-electron chi connectivity index (χ0n) is 16.1. The first kappa shape index (κ1) is 19.1. The van der Waals surface area contributed by atoms with E-state index in [0.29, 0.717) is 27.7 Å². The molecule has 0 radical (unpaired) electrons. The van der Waals surface area contributed by atoms with Gasteiger partial charge in [0.1, 0.15) is 0 Å². The Morgan fingerprint density at radius 3 is 1.93 bits per heavy atom. The van der Waals surface area contributed by atoms with Crippen LogP contribution in [0.2, 0.25) is 0 Å². The van der Waals surface area contributed by atoms with Gasteiger partial charge in [-0.05, 0) is 35.9 Å². The first-order valence-corrected chi connectivity index (χ1v) is 9.33. The van der Waals surface area contributed by atoms with E-state index in [1.165, 1.54) is 6.92 Å². The summed E-state index contributed by atoms with van der Waals surface area (Å²) in [4.78, 5) is 36.7. The second kappa shape index (κ2) is 8.05. The summed E-state index contributed by atoms with van der Waals surface area (Å²) in [5.74, 6) is -0.781. The van der Waals surface area contributed by atoms with Crippen molar-refractivity contribution < 1.29 is 14.0 Å². The number of carbonyl (C=O) groups is 2. The van der Waals surface area contributed by atoms with Crippen LogP contribution in [0.3, 0.4) is 0 Å². The van der Waals surface area contributed by atoms with Crippen LogP contribution in [0, 0.1) is 0 Å². The molecule has 4 rings (SSSR count). The molecule has 0 fully saturated rings. The van der Waals surface area contributed by atoms with Crippen LogP contribution in [0.15, 0.2) is 88.1 Å². The number of rotatable bonds is 4. The molecule has 30 heavy (non-hydrogen) atoms. The average Bonchev–Trinajstić information content (AvgIpc) is 2.75. The fourth-order valence-electron chi connectivity index (χ4n) is 3.28. The van der Waals surface area contributed by atoms with Crippen molar-refractivity contribution in [2.45, 2.75) is 6.92 Å². The molecule has 2 N–H and O–H groups in total. The van der Waals surface area contributed by atoms with Crippen molar-refractivity contribution in [3.05, 3.63) is 95.0 Å². The minimum Gasteiger partial charge on any atom is -0.416 e. The van der Waals surface area contributed by atoms with Crippen LogP contribution >= 0.6 is 0 Å². The fourth-order valence-corrected chi connectivity index (χ4v) is 3.28. The third-order valence-corrected chi connectivity index (χ3v) is 4.57. The number of fused-ring (bicyclic) bond motifs is 1. The van der Waals surface area contributed by atoms with Crippen molar-refractivity contribution in [2.75, 3.05) is 10.6 Å². The van der Waals surface area contributed by atoms with Gasteiger partial charge in [-0.2, -0.15) is 0 Å². The summed E-state index contributed by atoms with van der Waals surface area (Å²) in [6, 6.07) is 23.0. The molecule has 0 atom stereocenters. The average molecular weight is 398 g/mol. The van der Waals surface area contributed by atoms with E-state index in [1.807, 2.05) is 36.4 Å². The molecule has 0 unspecified atom stereocenters. The standard InChI is InChI=1S/C24H18N2O4/c1-15(27)25-17-11-13-18(14-12-17)26-23(28)22-21(16-7-3-2-4-8-16)19-9-5-6-10-20(19)24(29)30-22/h2-14H,1H3,(H,25,27)(H,26,28). The van der Waals surface area contributed by atoms with Gasteiger partial charge in [0.25, 0.3) is 5.91 Å². The quantitative estimate of drug-likeness (QED) is 0.523. The molecular formula is C24H18N2O4. The molecule has 4 aromatic rings. The summed E-state index contributed by atoms with van der Waals surface area (Å²) in [5.41, 5.74) is 1.87. The topological polar surface area (TPSA) is 88.4 Å². The molecule has 0 aliphatic rings. The first-order chi connectivity index (χ1) is 14.5. The van der Waals surface area contributed by atoms with Crippen molar-refractivity contribution in [3.63, 3.8) is 0 Å². The maximum atomic E-state index is 13.1. The Morgan fingerprint density at radius 1 is 0.733 bits per heavy atom. The van der Waals surface area contributed by atoms with Crippen molar-refractivity contribution in [3.8, 4) is 11.1 Å². The molecule has 2 amide bonds. The van der Waals surface area contributed by atoms with Crippen LogP contribution in [-0.2, 0) is 4.79 Å². The SMILES string of the molecule is CC(=O)Nc1ccc(NC(=O)c2oc(=O)c3ccccc3c2-c2ccccc2)cc1. The maximum Gasteiger partial charge on any atom is 0.344 e. The van der Waals surface area contributed by atoms with Crippen molar-refractivity contribution in [1.82, 2.24) is 0 Å². The van der Waals surface area contributed by atoms with Gasteiger partial charge in [-0.15, -0.1) is 0 Å². The van der Waals surface area contributed by atoms with E-state index in [4.69, 9.17) is 4.42 Å². The molecule has 1 aromatic heterocycles. The maximum absolute atomic E-state index is 13.1. The van der Waals surface area contributed by atoms with E-state index in [-0.39, 0.29) is 11.7 Å². The van der Waals surface area contributed by atoms with Gasteiger partial charge in [-0.25, -0.2) is 4.79 Å².